The third kappa shape index (κ3) is 5.31. The van der Waals surface area contributed by atoms with Crippen LogP contribution in [0.25, 0.3) is 0 Å². The molecule has 1 aliphatic rings. The second-order valence-corrected chi connectivity index (χ2v) is 5.89. The fraction of sp³-hybridized carbons (Fsp3) is 1.00. The molecule has 16 heavy (non-hydrogen) atoms. The topological polar surface area (TPSA) is 38.0 Å². The van der Waals surface area contributed by atoms with Gasteiger partial charge >= 0.3 is 0 Å². The summed E-state index contributed by atoms with van der Waals surface area (Å²) in [7, 11) is 0. The highest BCUT2D eigenvalue weighted by Crippen LogP contribution is 2.34. The maximum atomic E-state index is 6.00. The maximum Gasteiger partial charge on any atom is 0.00508 e. The highest BCUT2D eigenvalue weighted by Gasteiger charge is 2.25. The molecule has 1 atom stereocenters. The Morgan fingerprint density at radius 2 is 1.88 bits per heavy atom. The standard InChI is InChI=1S/C14H30N2/c1-3-7-13(15)8-11-16-12-14(2)9-5-4-6-10-14/h13,16H,3-12,15H2,1-2H3. The monoisotopic (exact) mass is 226 g/mol. The number of nitrogens with one attached hydrogen (secondary N) is 1. The zero-order valence-electron chi connectivity index (χ0n) is 11.2. The van der Waals surface area contributed by atoms with Gasteiger partial charge in [0.15, 0.2) is 0 Å². The summed E-state index contributed by atoms with van der Waals surface area (Å²) in [4.78, 5) is 0. The van der Waals surface area contributed by atoms with E-state index in [1.165, 1.54) is 51.5 Å². The van der Waals surface area contributed by atoms with Gasteiger partial charge in [-0.1, -0.05) is 39.5 Å². The van der Waals surface area contributed by atoms with Gasteiger partial charge in [-0.2, -0.15) is 0 Å². The van der Waals surface area contributed by atoms with Crippen molar-refractivity contribution >= 4 is 0 Å². The van der Waals surface area contributed by atoms with Crippen LogP contribution in [0, 0.1) is 5.41 Å². The summed E-state index contributed by atoms with van der Waals surface area (Å²) in [6.07, 6.45) is 10.6. The SMILES string of the molecule is CCCC(N)CCNCC1(C)CCCCC1. The largest absolute Gasteiger partial charge is 0.328 e. The molecule has 0 aromatic carbocycles. The Hall–Kier alpha value is -0.0800. The molecule has 2 nitrogen and oxygen atoms in total. The van der Waals surface area contributed by atoms with Gasteiger partial charge in [0.25, 0.3) is 0 Å². The Morgan fingerprint density at radius 1 is 1.19 bits per heavy atom. The predicted molar refractivity (Wildman–Crippen MR) is 71.6 cm³/mol. The van der Waals surface area contributed by atoms with Gasteiger partial charge in [0, 0.05) is 12.6 Å². The van der Waals surface area contributed by atoms with Crippen molar-refractivity contribution < 1.29 is 0 Å². The molecule has 1 unspecified atom stereocenters. The summed E-state index contributed by atoms with van der Waals surface area (Å²) in [6.45, 7) is 6.92. The Morgan fingerprint density at radius 3 is 2.50 bits per heavy atom. The smallest absolute Gasteiger partial charge is 0.00508 e. The lowest BCUT2D eigenvalue weighted by Crippen LogP contribution is -2.35. The van der Waals surface area contributed by atoms with Gasteiger partial charge in [-0.3, -0.25) is 0 Å². The van der Waals surface area contributed by atoms with Crippen LogP contribution in [0.15, 0.2) is 0 Å². The average Bonchev–Trinajstić information content (AvgIpc) is 2.26. The molecule has 0 aliphatic heterocycles. The van der Waals surface area contributed by atoms with E-state index in [1.807, 2.05) is 0 Å². The van der Waals surface area contributed by atoms with E-state index in [0.717, 1.165) is 13.0 Å². The molecule has 0 heterocycles. The quantitative estimate of drug-likeness (QED) is 0.655. The molecule has 0 spiro atoms. The molecule has 2 heteroatoms. The number of hydrogen-bond acceptors (Lipinski definition) is 2. The van der Waals surface area contributed by atoms with Crippen LogP contribution in [-0.4, -0.2) is 19.1 Å². The van der Waals surface area contributed by atoms with E-state index in [-0.39, 0.29) is 0 Å². The van der Waals surface area contributed by atoms with Crippen molar-refractivity contribution in [3.8, 4) is 0 Å². The Balaban J connectivity index is 2.05. The lowest BCUT2D eigenvalue weighted by molar-refractivity contribution is 0.207. The molecule has 1 fully saturated rings. The summed E-state index contributed by atoms with van der Waals surface area (Å²) in [5, 5.41) is 3.60. The molecule has 0 amide bonds. The minimum atomic E-state index is 0.400. The van der Waals surface area contributed by atoms with Gasteiger partial charge in [0.2, 0.25) is 0 Å². The predicted octanol–water partition coefficient (Wildman–Crippen LogP) is 3.06. The fourth-order valence-corrected chi connectivity index (χ4v) is 2.77. The molecule has 1 saturated carbocycles. The zero-order chi connectivity index (χ0) is 11.9. The Bertz CT molecular complexity index is 174. The van der Waals surface area contributed by atoms with E-state index >= 15 is 0 Å². The van der Waals surface area contributed by atoms with Crippen LogP contribution in [0.2, 0.25) is 0 Å². The summed E-state index contributed by atoms with van der Waals surface area (Å²) in [5.74, 6) is 0. The first-order chi connectivity index (χ1) is 7.66. The first-order valence-electron chi connectivity index (χ1n) is 7.12. The van der Waals surface area contributed by atoms with Gasteiger partial charge < -0.3 is 11.1 Å². The fourth-order valence-electron chi connectivity index (χ4n) is 2.77. The second-order valence-electron chi connectivity index (χ2n) is 5.89. The van der Waals surface area contributed by atoms with Crippen LogP contribution in [0.4, 0.5) is 0 Å². The van der Waals surface area contributed by atoms with Crippen molar-refractivity contribution in [3.05, 3.63) is 0 Å². The van der Waals surface area contributed by atoms with Crippen molar-refractivity contribution in [1.29, 1.82) is 0 Å². The van der Waals surface area contributed by atoms with Crippen molar-refractivity contribution in [2.45, 2.75) is 71.3 Å². The number of hydrogen-bond donors (Lipinski definition) is 2. The van der Waals surface area contributed by atoms with Crippen molar-refractivity contribution in [2.75, 3.05) is 13.1 Å². The molecule has 96 valence electrons. The van der Waals surface area contributed by atoms with Crippen LogP contribution >= 0.6 is 0 Å². The third-order valence-corrected chi connectivity index (χ3v) is 3.96. The van der Waals surface area contributed by atoms with E-state index in [0.29, 0.717) is 11.5 Å². The van der Waals surface area contributed by atoms with Gasteiger partial charge in [-0.15, -0.1) is 0 Å². The van der Waals surface area contributed by atoms with Crippen LogP contribution in [0.1, 0.15) is 65.2 Å². The minimum absolute atomic E-state index is 0.400. The molecule has 0 radical (unpaired) electrons. The first-order valence-corrected chi connectivity index (χ1v) is 7.12. The molecular formula is C14H30N2. The van der Waals surface area contributed by atoms with Crippen molar-refractivity contribution in [1.82, 2.24) is 5.32 Å². The molecule has 1 aliphatic carbocycles. The van der Waals surface area contributed by atoms with Gasteiger partial charge in [-0.05, 0) is 37.6 Å². The van der Waals surface area contributed by atoms with E-state index in [1.54, 1.807) is 0 Å². The Kier molecular flexibility index (Phi) is 6.37. The van der Waals surface area contributed by atoms with E-state index in [9.17, 15) is 0 Å². The molecule has 0 aromatic heterocycles. The first kappa shape index (κ1) is 14.0. The summed E-state index contributed by atoms with van der Waals surface area (Å²) in [6, 6.07) is 0.400. The van der Waals surface area contributed by atoms with E-state index < -0.39 is 0 Å². The summed E-state index contributed by atoms with van der Waals surface area (Å²) >= 11 is 0. The average molecular weight is 226 g/mol. The van der Waals surface area contributed by atoms with Crippen LogP contribution in [-0.2, 0) is 0 Å². The summed E-state index contributed by atoms with van der Waals surface area (Å²) < 4.78 is 0. The van der Waals surface area contributed by atoms with Gasteiger partial charge in [-0.25, -0.2) is 0 Å². The molecule has 1 rings (SSSR count). The van der Waals surface area contributed by atoms with E-state index in [2.05, 4.69) is 19.2 Å². The van der Waals surface area contributed by atoms with Crippen LogP contribution < -0.4 is 11.1 Å². The van der Waals surface area contributed by atoms with Crippen LogP contribution in [0.5, 0.6) is 0 Å². The molecule has 0 bridgehead atoms. The second kappa shape index (κ2) is 7.29. The highest BCUT2D eigenvalue weighted by molar-refractivity contribution is 4.80. The normalized spacial score (nSPS) is 21.9. The minimum Gasteiger partial charge on any atom is -0.328 e. The lowest BCUT2D eigenvalue weighted by Gasteiger charge is -2.34. The third-order valence-electron chi connectivity index (χ3n) is 3.96. The van der Waals surface area contributed by atoms with Gasteiger partial charge in [0.1, 0.15) is 0 Å². The Labute approximate surface area is 101 Å². The van der Waals surface area contributed by atoms with E-state index in [4.69, 9.17) is 5.73 Å². The van der Waals surface area contributed by atoms with Gasteiger partial charge in [0.05, 0.1) is 0 Å². The zero-order valence-corrected chi connectivity index (χ0v) is 11.2. The van der Waals surface area contributed by atoms with Crippen molar-refractivity contribution in [2.24, 2.45) is 11.1 Å². The maximum absolute atomic E-state index is 6.00. The molecule has 0 saturated heterocycles. The molecule has 3 N–H and O–H groups in total. The molecule has 0 aromatic rings. The lowest BCUT2D eigenvalue weighted by atomic mass is 9.76. The number of rotatable bonds is 7. The number of nitrogens with two attached hydrogens (primary N) is 1. The van der Waals surface area contributed by atoms with Crippen LogP contribution in [0.3, 0.4) is 0 Å². The highest BCUT2D eigenvalue weighted by atomic mass is 14.9. The summed E-state index contributed by atoms with van der Waals surface area (Å²) in [5.41, 5.74) is 6.56. The van der Waals surface area contributed by atoms with Crippen molar-refractivity contribution in [3.63, 3.8) is 0 Å². The molecular weight excluding hydrogens is 196 g/mol.